The molecule has 7 nitrogen and oxygen atoms in total. The first kappa shape index (κ1) is 24.8. The molecule has 32 heavy (non-hydrogen) atoms. The normalized spacial score (nSPS) is 19.5. The van der Waals surface area contributed by atoms with E-state index >= 15 is 0 Å². The molecule has 1 aromatic carbocycles. The van der Waals surface area contributed by atoms with Gasteiger partial charge in [0.25, 0.3) is 0 Å². The van der Waals surface area contributed by atoms with Gasteiger partial charge in [-0.3, -0.25) is 4.99 Å². The molecule has 2 N–H and O–H groups in total. The molecule has 1 fully saturated rings. The van der Waals surface area contributed by atoms with Gasteiger partial charge in [0.2, 0.25) is 0 Å². The number of aromatic nitrogens is 3. The quantitative estimate of drug-likeness (QED) is 0.335. The summed E-state index contributed by atoms with van der Waals surface area (Å²) in [4.78, 5) is 11.6. The molecule has 2 aromatic rings. The zero-order chi connectivity index (χ0) is 21.8. The summed E-state index contributed by atoms with van der Waals surface area (Å²) < 4.78 is 2.06. The van der Waals surface area contributed by atoms with E-state index in [1.807, 2.05) is 7.05 Å². The molecule has 0 saturated carbocycles. The van der Waals surface area contributed by atoms with Gasteiger partial charge in [-0.25, -0.2) is 9.67 Å². The second-order valence-corrected chi connectivity index (χ2v) is 9.36. The second kappa shape index (κ2) is 11.3. The lowest BCUT2D eigenvalue weighted by Crippen LogP contribution is -2.46. The molecule has 8 heteroatoms. The third-order valence-electron chi connectivity index (χ3n) is 6.50. The summed E-state index contributed by atoms with van der Waals surface area (Å²) in [5, 5.41) is 11.7. The van der Waals surface area contributed by atoms with Gasteiger partial charge in [0, 0.05) is 50.7 Å². The summed E-state index contributed by atoms with van der Waals surface area (Å²) in [6.07, 6.45) is 4.58. The molecular weight excluding hydrogens is 513 g/mol. The van der Waals surface area contributed by atoms with Crippen LogP contribution in [-0.2, 0) is 19.5 Å². The molecule has 1 atom stereocenters. The predicted molar refractivity (Wildman–Crippen MR) is 142 cm³/mol. The summed E-state index contributed by atoms with van der Waals surface area (Å²) in [5.74, 6) is 4.11. The Labute approximate surface area is 209 Å². The number of nitrogens with one attached hydrogen (secondary N) is 2. The topological polar surface area (TPSA) is 70.4 Å². The molecule has 0 bridgehead atoms. The van der Waals surface area contributed by atoms with Gasteiger partial charge in [0.1, 0.15) is 5.82 Å². The van der Waals surface area contributed by atoms with Crippen molar-refractivity contribution < 1.29 is 0 Å². The average molecular weight is 552 g/mol. The zero-order valence-corrected chi connectivity index (χ0v) is 22.2. The van der Waals surface area contributed by atoms with Crippen LogP contribution in [0.2, 0.25) is 0 Å². The first-order valence-electron chi connectivity index (χ1n) is 11.8. The first-order valence-corrected chi connectivity index (χ1v) is 11.8. The lowest BCUT2D eigenvalue weighted by atomic mass is 9.99. The van der Waals surface area contributed by atoms with Gasteiger partial charge < -0.3 is 15.5 Å². The third-order valence-corrected chi connectivity index (χ3v) is 6.50. The van der Waals surface area contributed by atoms with Crippen molar-refractivity contribution in [1.82, 2.24) is 25.4 Å². The largest absolute Gasteiger partial charge is 0.372 e. The fourth-order valence-electron chi connectivity index (χ4n) is 4.36. The van der Waals surface area contributed by atoms with Crippen LogP contribution < -0.4 is 15.5 Å². The van der Waals surface area contributed by atoms with Crippen molar-refractivity contribution >= 4 is 35.6 Å². The van der Waals surface area contributed by atoms with E-state index in [4.69, 9.17) is 0 Å². The van der Waals surface area contributed by atoms with E-state index < -0.39 is 0 Å². The minimum atomic E-state index is 0. The number of benzene rings is 1. The monoisotopic (exact) mass is 551 g/mol. The number of fused-ring (bicyclic) bond motifs is 1. The lowest BCUT2D eigenvalue weighted by molar-refractivity contribution is 0.391. The summed E-state index contributed by atoms with van der Waals surface area (Å²) >= 11 is 0. The summed E-state index contributed by atoms with van der Waals surface area (Å²) in [6.45, 7) is 10.6. The van der Waals surface area contributed by atoms with Gasteiger partial charge in [-0.2, -0.15) is 5.10 Å². The van der Waals surface area contributed by atoms with Crippen molar-refractivity contribution in [2.75, 3.05) is 25.0 Å². The lowest BCUT2D eigenvalue weighted by Gasteiger charge is -2.32. The number of guanidine groups is 1. The Bertz CT molecular complexity index is 882. The maximum absolute atomic E-state index is 4.68. The van der Waals surface area contributed by atoms with E-state index in [-0.39, 0.29) is 24.0 Å². The SMILES string of the molecule is CN=C(NCc1ccc(N2CCC(C)CC2)cc1)NC1CCc2nc(C(C)C)nn2C1.I. The molecule has 0 amide bonds. The van der Waals surface area contributed by atoms with Crippen molar-refractivity contribution in [2.45, 2.75) is 71.5 Å². The molecule has 0 aliphatic carbocycles. The van der Waals surface area contributed by atoms with E-state index in [1.165, 1.54) is 37.2 Å². The minimum absolute atomic E-state index is 0. The van der Waals surface area contributed by atoms with E-state index in [9.17, 15) is 0 Å². The van der Waals surface area contributed by atoms with Gasteiger partial charge in [0.15, 0.2) is 11.8 Å². The Morgan fingerprint density at radius 2 is 1.88 bits per heavy atom. The Hall–Kier alpha value is -1.84. The van der Waals surface area contributed by atoms with Crippen molar-refractivity contribution in [3.05, 3.63) is 41.5 Å². The number of halogens is 1. The standard InChI is InChI=1S/C24H37N7.HI/c1-17(2)23-28-22-10-7-20(16-31(22)29-23)27-24(25-4)26-15-19-5-8-21(9-6-19)30-13-11-18(3)12-14-30;/h5-6,8-9,17-18,20H,7,10-16H2,1-4H3,(H2,25,26,27);1H. The van der Waals surface area contributed by atoms with Gasteiger partial charge in [-0.1, -0.05) is 32.9 Å². The van der Waals surface area contributed by atoms with Crippen LogP contribution in [0.1, 0.15) is 63.2 Å². The average Bonchev–Trinajstić information content (AvgIpc) is 3.21. The minimum Gasteiger partial charge on any atom is -0.372 e. The van der Waals surface area contributed by atoms with Gasteiger partial charge in [0.05, 0.1) is 6.54 Å². The molecule has 2 aliphatic heterocycles. The molecular formula is C24H38IN7. The number of piperidine rings is 1. The Balaban J connectivity index is 0.00000289. The van der Waals surface area contributed by atoms with Gasteiger partial charge in [-0.05, 0) is 42.9 Å². The second-order valence-electron chi connectivity index (χ2n) is 9.36. The van der Waals surface area contributed by atoms with Gasteiger partial charge in [-0.15, -0.1) is 24.0 Å². The molecule has 2 aliphatic rings. The predicted octanol–water partition coefficient (Wildman–Crippen LogP) is 3.94. The van der Waals surface area contributed by atoms with Crippen LogP contribution in [0.25, 0.3) is 0 Å². The number of hydrogen-bond donors (Lipinski definition) is 2. The number of aliphatic imine (C=N–C) groups is 1. The Morgan fingerprint density at radius 3 is 2.53 bits per heavy atom. The van der Waals surface area contributed by atoms with Crippen molar-refractivity contribution in [1.29, 1.82) is 0 Å². The smallest absolute Gasteiger partial charge is 0.191 e. The summed E-state index contributed by atoms with van der Waals surface area (Å²) in [5.41, 5.74) is 2.60. The van der Waals surface area contributed by atoms with E-state index in [2.05, 4.69) is 80.3 Å². The van der Waals surface area contributed by atoms with Crippen molar-refractivity contribution in [3.63, 3.8) is 0 Å². The first-order chi connectivity index (χ1) is 15.0. The highest BCUT2D eigenvalue weighted by atomic mass is 127. The molecule has 0 spiro atoms. The fraction of sp³-hybridized carbons (Fsp3) is 0.625. The van der Waals surface area contributed by atoms with E-state index in [0.29, 0.717) is 12.0 Å². The van der Waals surface area contributed by atoms with E-state index in [1.54, 1.807) is 0 Å². The number of hydrogen-bond acceptors (Lipinski definition) is 4. The number of nitrogens with zero attached hydrogens (tertiary/aromatic N) is 5. The van der Waals surface area contributed by atoms with Crippen molar-refractivity contribution in [2.24, 2.45) is 10.9 Å². The highest BCUT2D eigenvalue weighted by molar-refractivity contribution is 14.0. The highest BCUT2D eigenvalue weighted by Gasteiger charge is 2.23. The fourth-order valence-corrected chi connectivity index (χ4v) is 4.36. The Morgan fingerprint density at radius 1 is 1.16 bits per heavy atom. The van der Waals surface area contributed by atoms with Gasteiger partial charge >= 0.3 is 0 Å². The number of anilines is 1. The van der Waals surface area contributed by atoms with Crippen LogP contribution in [0.4, 0.5) is 5.69 Å². The molecule has 4 rings (SSSR count). The van der Waals surface area contributed by atoms with Crippen LogP contribution in [-0.4, -0.2) is 46.9 Å². The van der Waals surface area contributed by atoms with Crippen LogP contribution in [0.15, 0.2) is 29.3 Å². The highest BCUT2D eigenvalue weighted by Crippen LogP contribution is 2.23. The number of aryl methyl sites for hydroxylation is 1. The Kier molecular flexibility index (Phi) is 8.79. The number of rotatable bonds is 5. The van der Waals surface area contributed by atoms with Crippen LogP contribution in [0.5, 0.6) is 0 Å². The summed E-state index contributed by atoms with van der Waals surface area (Å²) in [7, 11) is 1.83. The molecule has 3 heterocycles. The molecule has 1 unspecified atom stereocenters. The molecule has 1 saturated heterocycles. The van der Waals surface area contributed by atoms with Crippen LogP contribution in [0.3, 0.4) is 0 Å². The zero-order valence-electron chi connectivity index (χ0n) is 19.8. The molecule has 0 radical (unpaired) electrons. The van der Waals surface area contributed by atoms with E-state index in [0.717, 1.165) is 49.5 Å². The maximum atomic E-state index is 4.68. The molecule has 1 aromatic heterocycles. The summed E-state index contributed by atoms with van der Waals surface area (Å²) in [6, 6.07) is 9.27. The van der Waals surface area contributed by atoms with Crippen LogP contribution >= 0.6 is 24.0 Å². The van der Waals surface area contributed by atoms with Crippen LogP contribution in [0, 0.1) is 5.92 Å². The third kappa shape index (κ3) is 6.14. The maximum Gasteiger partial charge on any atom is 0.191 e. The molecule has 176 valence electrons. The van der Waals surface area contributed by atoms with Crippen molar-refractivity contribution in [3.8, 4) is 0 Å².